The van der Waals surface area contributed by atoms with Gasteiger partial charge in [0.15, 0.2) is 17.4 Å². The molecule has 1 heterocycles. The molecular formula is C13H13F2N3OS. The van der Waals surface area contributed by atoms with Gasteiger partial charge in [-0.2, -0.15) is 0 Å². The van der Waals surface area contributed by atoms with E-state index in [1.165, 1.54) is 6.07 Å². The first-order valence-electron chi connectivity index (χ1n) is 6.00. The van der Waals surface area contributed by atoms with E-state index < -0.39 is 11.6 Å². The molecule has 4 nitrogen and oxygen atoms in total. The van der Waals surface area contributed by atoms with Gasteiger partial charge < -0.3 is 0 Å². The molecule has 0 aliphatic rings. The Hall–Kier alpha value is -1.76. The number of thioether (sulfide) groups is 1. The van der Waals surface area contributed by atoms with Crippen LogP contribution in [0.1, 0.15) is 35.9 Å². The second-order valence-electron chi connectivity index (χ2n) is 4.50. The van der Waals surface area contributed by atoms with Crippen LogP contribution in [0.5, 0.6) is 0 Å². The fraction of sp³-hybridized carbons (Fsp3) is 0.308. The average molecular weight is 297 g/mol. The minimum absolute atomic E-state index is 0.0699. The summed E-state index contributed by atoms with van der Waals surface area (Å²) in [5, 5.41) is 7.22. The molecule has 20 heavy (non-hydrogen) atoms. The minimum atomic E-state index is -1.03. The van der Waals surface area contributed by atoms with Crippen molar-refractivity contribution < 1.29 is 13.6 Å². The minimum Gasteiger partial charge on any atom is -0.293 e. The maximum atomic E-state index is 13.0. The van der Waals surface area contributed by atoms with Crippen LogP contribution >= 0.6 is 11.8 Å². The zero-order valence-electron chi connectivity index (χ0n) is 11.0. The van der Waals surface area contributed by atoms with Gasteiger partial charge in [0, 0.05) is 11.5 Å². The van der Waals surface area contributed by atoms with Crippen molar-refractivity contribution in [2.45, 2.75) is 24.9 Å². The molecule has 2 rings (SSSR count). The van der Waals surface area contributed by atoms with E-state index in [1.54, 1.807) is 0 Å². The molecule has 2 aromatic rings. The molecule has 0 aliphatic carbocycles. The standard InChI is InChI=1S/C13H13F2N3OS/c1-7(2)12-16-13(18-17-12)20-6-11(19)8-3-4-9(14)10(15)5-8/h3-5,7H,6H2,1-2H3,(H,16,17,18). The molecule has 1 aromatic carbocycles. The van der Waals surface area contributed by atoms with Gasteiger partial charge in [0.1, 0.15) is 5.82 Å². The fourth-order valence-corrected chi connectivity index (χ4v) is 2.16. The van der Waals surface area contributed by atoms with Crippen molar-refractivity contribution in [3.05, 3.63) is 41.2 Å². The number of hydrogen-bond donors (Lipinski definition) is 1. The number of nitrogens with zero attached hydrogens (tertiary/aromatic N) is 2. The van der Waals surface area contributed by atoms with Crippen LogP contribution in [0.3, 0.4) is 0 Å². The first kappa shape index (κ1) is 14.6. The van der Waals surface area contributed by atoms with Gasteiger partial charge in [-0.3, -0.25) is 9.89 Å². The summed E-state index contributed by atoms with van der Waals surface area (Å²) in [6.45, 7) is 3.95. The van der Waals surface area contributed by atoms with Gasteiger partial charge in [-0.25, -0.2) is 13.8 Å². The van der Waals surface area contributed by atoms with E-state index in [1.807, 2.05) is 13.8 Å². The van der Waals surface area contributed by atoms with Crippen LogP contribution in [-0.2, 0) is 0 Å². The predicted molar refractivity (Wildman–Crippen MR) is 71.9 cm³/mol. The largest absolute Gasteiger partial charge is 0.293 e. The Morgan fingerprint density at radius 3 is 2.70 bits per heavy atom. The highest BCUT2D eigenvalue weighted by atomic mass is 32.2. The number of hydrogen-bond acceptors (Lipinski definition) is 4. The molecule has 0 amide bonds. The number of carbonyl (C=O) groups excluding carboxylic acids is 1. The first-order chi connectivity index (χ1) is 9.47. The molecule has 0 saturated heterocycles. The smallest absolute Gasteiger partial charge is 0.208 e. The molecule has 7 heteroatoms. The summed E-state index contributed by atoms with van der Waals surface area (Å²) in [6, 6.07) is 3.10. The second-order valence-corrected chi connectivity index (χ2v) is 5.44. The molecular weight excluding hydrogens is 284 g/mol. The van der Waals surface area contributed by atoms with Crippen molar-refractivity contribution in [2.75, 3.05) is 5.75 Å². The van der Waals surface area contributed by atoms with Crippen molar-refractivity contribution in [3.63, 3.8) is 0 Å². The Labute approximate surface area is 119 Å². The lowest BCUT2D eigenvalue weighted by atomic mass is 10.1. The number of ketones is 1. The van der Waals surface area contributed by atoms with E-state index in [-0.39, 0.29) is 23.0 Å². The average Bonchev–Trinajstić information content (AvgIpc) is 2.88. The molecule has 0 saturated carbocycles. The van der Waals surface area contributed by atoms with Gasteiger partial charge in [0.25, 0.3) is 0 Å². The number of benzene rings is 1. The molecule has 0 atom stereocenters. The van der Waals surface area contributed by atoms with Crippen molar-refractivity contribution >= 4 is 17.5 Å². The zero-order valence-corrected chi connectivity index (χ0v) is 11.8. The number of nitrogens with one attached hydrogen (secondary N) is 1. The molecule has 0 aliphatic heterocycles. The zero-order chi connectivity index (χ0) is 14.7. The Balaban J connectivity index is 1.99. The molecule has 1 N–H and O–H groups in total. The van der Waals surface area contributed by atoms with Crippen LogP contribution in [-0.4, -0.2) is 26.7 Å². The Kier molecular flexibility index (Phi) is 4.49. The van der Waals surface area contributed by atoms with E-state index in [2.05, 4.69) is 15.2 Å². The SMILES string of the molecule is CC(C)c1nc(SCC(=O)c2ccc(F)c(F)c2)n[nH]1. The monoisotopic (exact) mass is 297 g/mol. The van der Waals surface area contributed by atoms with Crippen LogP contribution in [0.2, 0.25) is 0 Å². The highest BCUT2D eigenvalue weighted by Crippen LogP contribution is 2.18. The molecule has 0 fully saturated rings. The second kappa shape index (κ2) is 6.13. The topological polar surface area (TPSA) is 58.6 Å². The number of rotatable bonds is 5. The summed E-state index contributed by atoms with van der Waals surface area (Å²) >= 11 is 1.15. The van der Waals surface area contributed by atoms with E-state index >= 15 is 0 Å². The lowest BCUT2D eigenvalue weighted by Gasteiger charge is -2.00. The Bertz CT molecular complexity index is 628. The van der Waals surface area contributed by atoms with E-state index in [9.17, 15) is 13.6 Å². The van der Waals surface area contributed by atoms with Crippen molar-refractivity contribution in [3.8, 4) is 0 Å². The lowest BCUT2D eigenvalue weighted by molar-refractivity contribution is 0.102. The number of aromatic amines is 1. The third-order valence-electron chi connectivity index (χ3n) is 2.60. The number of carbonyl (C=O) groups is 1. The molecule has 106 valence electrons. The van der Waals surface area contributed by atoms with Gasteiger partial charge in [-0.05, 0) is 18.2 Å². The van der Waals surface area contributed by atoms with Crippen molar-refractivity contribution in [1.29, 1.82) is 0 Å². The highest BCUT2D eigenvalue weighted by molar-refractivity contribution is 7.99. The summed E-state index contributed by atoms with van der Waals surface area (Å²) in [6.07, 6.45) is 0. The highest BCUT2D eigenvalue weighted by Gasteiger charge is 2.13. The fourth-order valence-electron chi connectivity index (χ4n) is 1.46. The number of aromatic nitrogens is 3. The molecule has 0 radical (unpaired) electrons. The normalized spacial score (nSPS) is 11.1. The molecule has 0 bridgehead atoms. The maximum absolute atomic E-state index is 13.0. The van der Waals surface area contributed by atoms with E-state index in [0.29, 0.717) is 5.16 Å². The summed E-state index contributed by atoms with van der Waals surface area (Å²) in [4.78, 5) is 16.1. The molecule has 0 spiro atoms. The molecule has 0 unspecified atom stereocenters. The van der Waals surface area contributed by atoms with Gasteiger partial charge in [-0.15, -0.1) is 5.10 Å². The number of Topliss-reactive ketones (excluding diaryl/α,β-unsaturated/α-hetero) is 1. The van der Waals surface area contributed by atoms with Crippen molar-refractivity contribution in [1.82, 2.24) is 15.2 Å². The third kappa shape index (κ3) is 3.41. The van der Waals surface area contributed by atoms with E-state index in [4.69, 9.17) is 0 Å². The summed E-state index contributed by atoms with van der Waals surface area (Å²) in [7, 11) is 0. The van der Waals surface area contributed by atoms with Crippen LogP contribution in [0.25, 0.3) is 0 Å². The van der Waals surface area contributed by atoms with Gasteiger partial charge in [0.05, 0.1) is 5.75 Å². The number of H-pyrrole nitrogens is 1. The Morgan fingerprint density at radius 2 is 2.10 bits per heavy atom. The van der Waals surface area contributed by atoms with Crippen molar-refractivity contribution in [2.24, 2.45) is 0 Å². The van der Waals surface area contributed by atoms with Crippen LogP contribution in [0.15, 0.2) is 23.4 Å². The number of halogens is 2. The maximum Gasteiger partial charge on any atom is 0.208 e. The molecule has 1 aromatic heterocycles. The predicted octanol–water partition coefficient (Wildman–Crippen LogP) is 3.18. The Morgan fingerprint density at radius 1 is 1.35 bits per heavy atom. The van der Waals surface area contributed by atoms with Crippen LogP contribution in [0, 0.1) is 11.6 Å². The van der Waals surface area contributed by atoms with Gasteiger partial charge in [-0.1, -0.05) is 25.6 Å². The van der Waals surface area contributed by atoms with E-state index in [0.717, 1.165) is 29.7 Å². The quantitative estimate of drug-likeness (QED) is 0.680. The third-order valence-corrected chi connectivity index (χ3v) is 3.45. The van der Waals surface area contributed by atoms with Crippen LogP contribution < -0.4 is 0 Å². The summed E-state index contributed by atoms with van der Waals surface area (Å²) < 4.78 is 25.8. The first-order valence-corrected chi connectivity index (χ1v) is 6.99. The van der Waals surface area contributed by atoms with Gasteiger partial charge in [0.2, 0.25) is 5.16 Å². The summed E-state index contributed by atoms with van der Waals surface area (Å²) in [5.74, 6) is -1.26. The van der Waals surface area contributed by atoms with Gasteiger partial charge >= 0.3 is 0 Å². The summed E-state index contributed by atoms with van der Waals surface area (Å²) in [5.41, 5.74) is 0.135. The van der Waals surface area contributed by atoms with Crippen LogP contribution in [0.4, 0.5) is 8.78 Å². The lowest BCUT2D eigenvalue weighted by Crippen LogP contribution is -2.03.